The van der Waals surface area contributed by atoms with Crippen molar-refractivity contribution in [1.29, 1.82) is 0 Å². The Kier molecular flexibility index (Phi) is 4.54. The number of hydrogen-bond donors (Lipinski definition) is 0. The fraction of sp³-hybridized carbons (Fsp3) is 0.636. The molecule has 28 heavy (non-hydrogen) atoms. The molecule has 2 atom stereocenters. The number of carbonyl (C=O) groups excluding carboxylic acids is 2. The number of carbonyl (C=O) groups is 2. The smallest absolute Gasteiger partial charge is 0.264 e. The van der Waals surface area contributed by atoms with Gasteiger partial charge in [-0.05, 0) is 37.3 Å². The van der Waals surface area contributed by atoms with Crippen LogP contribution in [0.5, 0.6) is 5.75 Å². The lowest BCUT2D eigenvalue weighted by molar-refractivity contribution is -0.193. The predicted octanol–water partition coefficient (Wildman–Crippen LogP) is 2.01. The molecule has 6 heteroatoms. The second kappa shape index (κ2) is 7.07. The highest BCUT2D eigenvalue weighted by atomic mass is 16.5. The van der Waals surface area contributed by atoms with E-state index in [1.54, 1.807) is 0 Å². The lowest BCUT2D eigenvalue weighted by Crippen LogP contribution is -2.68. The van der Waals surface area contributed by atoms with Crippen LogP contribution >= 0.6 is 0 Å². The number of likely N-dealkylation sites (tertiary alicyclic amines) is 2. The van der Waals surface area contributed by atoms with Crippen LogP contribution < -0.4 is 4.74 Å². The van der Waals surface area contributed by atoms with E-state index >= 15 is 0 Å². The number of rotatable bonds is 3. The van der Waals surface area contributed by atoms with Crippen molar-refractivity contribution in [3.8, 4) is 5.75 Å². The van der Waals surface area contributed by atoms with Crippen LogP contribution in [0.25, 0.3) is 0 Å². The Hall–Kier alpha value is -2.08. The van der Waals surface area contributed by atoms with Crippen molar-refractivity contribution in [2.75, 3.05) is 32.8 Å². The van der Waals surface area contributed by atoms with Crippen molar-refractivity contribution in [3.05, 3.63) is 29.8 Å². The molecule has 6 nitrogen and oxygen atoms in total. The number of nitrogens with zero attached hydrogens (tertiary/aromatic N) is 2. The second-order valence-electron chi connectivity index (χ2n) is 8.81. The van der Waals surface area contributed by atoms with Crippen LogP contribution in [0.2, 0.25) is 0 Å². The van der Waals surface area contributed by atoms with E-state index in [-0.39, 0.29) is 11.5 Å². The van der Waals surface area contributed by atoms with E-state index in [0.29, 0.717) is 44.4 Å². The molecule has 150 valence electrons. The zero-order valence-electron chi connectivity index (χ0n) is 16.3. The summed E-state index contributed by atoms with van der Waals surface area (Å²) in [4.78, 5) is 28.7. The summed E-state index contributed by atoms with van der Waals surface area (Å²) >= 11 is 0. The zero-order chi connectivity index (χ0) is 19.1. The first-order chi connectivity index (χ1) is 13.6. The van der Waals surface area contributed by atoms with Gasteiger partial charge in [-0.25, -0.2) is 0 Å². The number of benzene rings is 1. The quantitative estimate of drug-likeness (QED) is 0.800. The first-order valence-corrected chi connectivity index (χ1v) is 10.6. The maximum Gasteiger partial charge on any atom is 0.264 e. The van der Waals surface area contributed by atoms with Gasteiger partial charge in [0, 0.05) is 31.8 Å². The van der Waals surface area contributed by atoms with Crippen molar-refractivity contribution in [1.82, 2.24) is 9.80 Å². The van der Waals surface area contributed by atoms with Crippen LogP contribution in [0, 0.1) is 5.92 Å². The van der Waals surface area contributed by atoms with Crippen molar-refractivity contribution >= 4 is 11.8 Å². The summed E-state index contributed by atoms with van der Waals surface area (Å²) in [5.74, 6) is 1.63. The number of hydrogen-bond acceptors (Lipinski definition) is 4. The SMILES string of the molecule is O=C1CCCCN1C[C@@H]1CCC2(CN(C(=O)[C@H]3Cc4ccccc4O3)C2)OC1. The van der Waals surface area contributed by atoms with Crippen LogP contribution in [-0.2, 0) is 20.7 Å². The molecule has 0 aromatic heterocycles. The Morgan fingerprint density at radius 1 is 1.21 bits per heavy atom. The molecule has 3 fully saturated rings. The van der Waals surface area contributed by atoms with Gasteiger partial charge >= 0.3 is 0 Å². The minimum atomic E-state index is -0.392. The molecule has 1 spiro atoms. The molecule has 1 aromatic carbocycles. The monoisotopic (exact) mass is 384 g/mol. The van der Waals surface area contributed by atoms with Gasteiger partial charge in [-0.1, -0.05) is 18.2 Å². The molecule has 0 aliphatic carbocycles. The Labute approximate surface area is 165 Å². The van der Waals surface area contributed by atoms with Crippen molar-refractivity contribution in [3.63, 3.8) is 0 Å². The van der Waals surface area contributed by atoms with E-state index < -0.39 is 6.10 Å². The molecule has 0 saturated carbocycles. The Morgan fingerprint density at radius 3 is 2.82 bits per heavy atom. The summed E-state index contributed by atoms with van der Waals surface area (Å²) in [6, 6.07) is 7.88. The van der Waals surface area contributed by atoms with Crippen LogP contribution in [0.15, 0.2) is 24.3 Å². The van der Waals surface area contributed by atoms with Gasteiger partial charge in [0.1, 0.15) is 11.4 Å². The third-order valence-corrected chi connectivity index (χ3v) is 6.73. The van der Waals surface area contributed by atoms with Crippen LogP contribution in [0.1, 0.15) is 37.7 Å². The molecule has 0 bridgehead atoms. The molecule has 5 rings (SSSR count). The van der Waals surface area contributed by atoms with Gasteiger partial charge in [0.05, 0.1) is 19.7 Å². The maximum absolute atomic E-state index is 12.8. The number of amides is 2. The average Bonchev–Trinajstić information content (AvgIpc) is 3.12. The van der Waals surface area contributed by atoms with Crippen molar-refractivity contribution in [2.24, 2.45) is 5.92 Å². The molecule has 4 aliphatic heterocycles. The Morgan fingerprint density at radius 2 is 2.07 bits per heavy atom. The average molecular weight is 384 g/mol. The molecule has 4 heterocycles. The number of ether oxygens (including phenoxy) is 2. The van der Waals surface area contributed by atoms with E-state index in [2.05, 4.69) is 0 Å². The minimum Gasteiger partial charge on any atom is -0.480 e. The predicted molar refractivity (Wildman–Crippen MR) is 103 cm³/mol. The topological polar surface area (TPSA) is 59.1 Å². The standard InChI is InChI=1S/C22H28N2O4/c25-20-7-3-4-10-23(20)12-16-8-9-22(27-13-16)14-24(15-22)21(26)19-11-17-5-1-2-6-18(17)28-19/h1-2,5-6,16,19H,3-4,7-15H2/t16-,19+/m0/s1. The van der Waals surface area contributed by atoms with Gasteiger partial charge in [0.15, 0.2) is 6.10 Å². The minimum absolute atomic E-state index is 0.0754. The van der Waals surface area contributed by atoms with Gasteiger partial charge in [0.25, 0.3) is 5.91 Å². The van der Waals surface area contributed by atoms with Crippen molar-refractivity contribution in [2.45, 2.75) is 50.2 Å². The zero-order valence-corrected chi connectivity index (χ0v) is 16.3. The molecule has 0 N–H and O–H groups in total. The summed E-state index contributed by atoms with van der Waals surface area (Å²) in [7, 11) is 0. The van der Waals surface area contributed by atoms with Gasteiger partial charge in [-0.3, -0.25) is 9.59 Å². The largest absolute Gasteiger partial charge is 0.480 e. The molecule has 0 radical (unpaired) electrons. The summed E-state index contributed by atoms with van der Waals surface area (Å²) in [6.45, 7) is 3.74. The van der Waals surface area contributed by atoms with Crippen LogP contribution in [0.3, 0.4) is 0 Å². The second-order valence-corrected chi connectivity index (χ2v) is 8.81. The van der Waals surface area contributed by atoms with Gasteiger partial charge in [-0.2, -0.15) is 0 Å². The molecule has 4 aliphatic rings. The first-order valence-electron chi connectivity index (χ1n) is 10.6. The van der Waals surface area contributed by atoms with E-state index in [1.807, 2.05) is 34.1 Å². The summed E-state index contributed by atoms with van der Waals surface area (Å²) in [6.07, 6.45) is 5.14. The first kappa shape index (κ1) is 18.0. The lowest BCUT2D eigenvalue weighted by atomic mass is 9.82. The Bertz CT molecular complexity index is 739. The van der Waals surface area contributed by atoms with Crippen molar-refractivity contribution < 1.29 is 19.1 Å². The van der Waals surface area contributed by atoms with E-state index in [0.717, 1.165) is 50.1 Å². The molecular weight excluding hydrogens is 356 g/mol. The highest BCUT2D eigenvalue weighted by Gasteiger charge is 2.50. The van der Waals surface area contributed by atoms with E-state index in [1.165, 1.54) is 0 Å². The molecular formula is C22H28N2O4. The van der Waals surface area contributed by atoms with Crippen LogP contribution in [-0.4, -0.2) is 66.1 Å². The summed E-state index contributed by atoms with van der Waals surface area (Å²) in [5, 5.41) is 0. The molecule has 0 unspecified atom stereocenters. The maximum atomic E-state index is 12.8. The molecule has 2 amide bonds. The van der Waals surface area contributed by atoms with Gasteiger partial charge in [-0.15, -0.1) is 0 Å². The van der Waals surface area contributed by atoms with E-state index in [9.17, 15) is 9.59 Å². The lowest BCUT2D eigenvalue weighted by Gasteiger charge is -2.53. The number of piperidine rings is 1. The van der Waals surface area contributed by atoms with Crippen LogP contribution in [0.4, 0.5) is 0 Å². The Balaban J connectivity index is 1.10. The van der Waals surface area contributed by atoms with E-state index in [4.69, 9.17) is 9.47 Å². The summed E-state index contributed by atoms with van der Waals surface area (Å²) in [5.41, 5.74) is 0.934. The number of fused-ring (bicyclic) bond motifs is 1. The highest BCUT2D eigenvalue weighted by molar-refractivity contribution is 5.83. The fourth-order valence-electron chi connectivity index (χ4n) is 5.01. The van der Waals surface area contributed by atoms with Gasteiger partial charge in [0.2, 0.25) is 5.91 Å². The number of para-hydroxylation sites is 1. The molecule has 1 aromatic rings. The normalized spacial score (nSPS) is 28.6. The third-order valence-electron chi connectivity index (χ3n) is 6.73. The summed E-state index contributed by atoms with van der Waals surface area (Å²) < 4.78 is 12.1. The van der Waals surface area contributed by atoms with Gasteiger partial charge < -0.3 is 19.3 Å². The fourth-order valence-corrected chi connectivity index (χ4v) is 5.01. The highest BCUT2D eigenvalue weighted by Crippen LogP contribution is 2.38. The third kappa shape index (κ3) is 3.28. The molecule has 3 saturated heterocycles.